The highest BCUT2D eigenvalue weighted by molar-refractivity contribution is 5.85. The predicted molar refractivity (Wildman–Crippen MR) is 75.6 cm³/mol. The van der Waals surface area contributed by atoms with E-state index < -0.39 is 5.41 Å². The van der Waals surface area contributed by atoms with E-state index in [1.807, 2.05) is 4.90 Å². The Morgan fingerprint density at radius 1 is 1.29 bits per heavy atom. The average Bonchev–Trinajstić information content (AvgIpc) is 3.27. The third-order valence-corrected chi connectivity index (χ3v) is 4.79. The molecule has 118 valence electrons. The maximum atomic E-state index is 12.7. The molecule has 2 heterocycles. The molecule has 2 amide bonds. The molecule has 1 N–H and O–H groups in total. The first kappa shape index (κ1) is 14.8. The summed E-state index contributed by atoms with van der Waals surface area (Å²) >= 11 is 0. The van der Waals surface area contributed by atoms with E-state index in [9.17, 15) is 9.59 Å². The topological polar surface area (TPSA) is 67.9 Å². The monoisotopic (exact) mass is 296 g/mol. The first-order valence-corrected chi connectivity index (χ1v) is 7.81. The van der Waals surface area contributed by atoms with Gasteiger partial charge in [0.2, 0.25) is 11.8 Å². The molecule has 0 radical (unpaired) electrons. The lowest BCUT2D eigenvalue weighted by Crippen LogP contribution is -2.64. The van der Waals surface area contributed by atoms with Crippen LogP contribution in [-0.4, -0.2) is 62.8 Å². The van der Waals surface area contributed by atoms with Gasteiger partial charge in [0.25, 0.3) is 0 Å². The molecule has 1 aliphatic carbocycles. The molecule has 3 fully saturated rings. The lowest BCUT2D eigenvalue weighted by molar-refractivity contribution is -0.158. The quantitative estimate of drug-likeness (QED) is 0.785. The van der Waals surface area contributed by atoms with E-state index in [1.54, 1.807) is 7.11 Å². The van der Waals surface area contributed by atoms with E-state index in [1.165, 1.54) is 0 Å². The fourth-order valence-electron chi connectivity index (χ4n) is 3.19. The van der Waals surface area contributed by atoms with Crippen LogP contribution in [0.5, 0.6) is 0 Å². The summed E-state index contributed by atoms with van der Waals surface area (Å²) in [4.78, 5) is 26.3. The van der Waals surface area contributed by atoms with Gasteiger partial charge >= 0.3 is 0 Å². The molecular formula is C15H24N2O4. The van der Waals surface area contributed by atoms with E-state index in [0.717, 1.165) is 25.7 Å². The van der Waals surface area contributed by atoms with Crippen molar-refractivity contribution in [3.8, 4) is 0 Å². The highest BCUT2D eigenvalue weighted by Gasteiger charge is 2.46. The van der Waals surface area contributed by atoms with Crippen molar-refractivity contribution in [1.29, 1.82) is 0 Å². The molecule has 0 aromatic heterocycles. The standard InChI is InChI=1S/C15H24N2O4/c1-20-10-15(4-6-21-7-5-15)14(19)17-8-12(9-17)16-13(18)11-2-3-11/h11-12H,2-10H2,1H3,(H,16,18). The normalized spacial score (nSPS) is 25.3. The van der Waals surface area contributed by atoms with Crippen molar-refractivity contribution in [2.45, 2.75) is 31.7 Å². The van der Waals surface area contributed by atoms with Gasteiger partial charge in [-0.1, -0.05) is 0 Å². The lowest BCUT2D eigenvalue weighted by atomic mass is 9.78. The molecule has 3 aliphatic rings. The number of carbonyl (C=O) groups excluding carboxylic acids is 2. The zero-order valence-corrected chi connectivity index (χ0v) is 12.6. The SMILES string of the molecule is COCC1(C(=O)N2CC(NC(=O)C3CC3)C2)CCOCC1. The van der Waals surface area contributed by atoms with Crippen molar-refractivity contribution >= 4 is 11.8 Å². The molecule has 3 rings (SSSR count). The van der Waals surface area contributed by atoms with Gasteiger partial charge in [-0.25, -0.2) is 0 Å². The molecule has 0 atom stereocenters. The molecule has 0 unspecified atom stereocenters. The van der Waals surface area contributed by atoms with Crippen LogP contribution in [0, 0.1) is 11.3 Å². The summed E-state index contributed by atoms with van der Waals surface area (Å²) in [5.74, 6) is 0.541. The summed E-state index contributed by atoms with van der Waals surface area (Å²) in [5.41, 5.74) is -0.432. The van der Waals surface area contributed by atoms with Gasteiger partial charge in [0.1, 0.15) is 0 Å². The van der Waals surface area contributed by atoms with Crippen LogP contribution in [0.15, 0.2) is 0 Å². The van der Waals surface area contributed by atoms with E-state index in [4.69, 9.17) is 9.47 Å². The molecule has 0 spiro atoms. The number of nitrogens with one attached hydrogen (secondary N) is 1. The second kappa shape index (κ2) is 5.93. The Morgan fingerprint density at radius 3 is 2.52 bits per heavy atom. The highest BCUT2D eigenvalue weighted by Crippen LogP contribution is 2.35. The van der Waals surface area contributed by atoms with Crippen LogP contribution >= 0.6 is 0 Å². The Kier molecular flexibility index (Phi) is 4.17. The van der Waals surface area contributed by atoms with Crippen LogP contribution in [0.2, 0.25) is 0 Å². The third kappa shape index (κ3) is 3.06. The summed E-state index contributed by atoms with van der Waals surface area (Å²) in [6, 6.07) is 0.126. The zero-order chi connectivity index (χ0) is 14.9. The lowest BCUT2D eigenvalue weighted by Gasteiger charge is -2.46. The van der Waals surface area contributed by atoms with E-state index in [0.29, 0.717) is 32.9 Å². The Bertz CT molecular complexity index is 404. The summed E-state index contributed by atoms with van der Waals surface area (Å²) in [6.45, 7) is 2.94. The van der Waals surface area contributed by atoms with Crippen molar-refractivity contribution in [1.82, 2.24) is 10.2 Å². The molecule has 0 aromatic rings. The van der Waals surface area contributed by atoms with Crippen molar-refractivity contribution in [2.24, 2.45) is 11.3 Å². The summed E-state index contributed by atoms with van der Waals surface area (Å²) < 4.78 is 10.7. The smallest absolute Gasteiger partial charge is 0.231 e. The number of hydrogen-bond acceptors (Lipinski definition) is 4. The molecule has 21 heavy (non-hydrogen) atoms. The zero-order valence-electron chi connectivity index (χ0n) is 12.6. The molecule has 0 bridgehead atoms. The minimum atomic E-state index is -0.432. The van der Waals surface area contributed by atoms with Crippen LogP contribution in [0.4, 0.5) is 0 Å². The molecule has 6 heteroatoms. The Hall–Kier alpha value is -1.14. The number of likely N-dealkylation sites (tertiary alicyclic amines) is 1. The minimum Gasteiger partial charge on any atom is -0.384 e. The van der Waals surface area contributed by atoms with E-state index >= 15 is 0 Å². The van der Waals surface area contributed by atoms with Gasteiger partial charge in [0.05, 0.1) is 18.1 Å². The number of methoxy groups -OCH3 is 1. The summed E-state index contributed by atoms with van der Waals surface area (Å²) in [6.07, 6.45) is 3.46. The number of carbonyl (C=O) groups is 2. The number of amides is 2. The first-order chi connectivity index (χ1) is 10.1. The van der Waals surface area contributed by atoms with Gasteiger partial charge < -0.3 is 19.7 Å². The average molecular weight is 296 g/mol. The van der Waals surface area contributed by atoms with Gasteiger partial charge in [-0.15, -0.1) is 0 Å². The van der Waals surface area contributed by atoms with Gasteiger partial charge in [0, 0.05) is 39.3 Å². The van der Waals surface area contributed by atoms with Gasteiger partial charge in [-0.3, -0.25) is 9.59 Å². The van der Waals surface area contributed by atoms with Crippen molar-refractivity contribution in [3.63, 3.8) is 0 Å². The number of hydrogen-bond donors (Lipinski definition) is 1. The van der Waals surface area contributed by atoms with Gasteiger partial charge in [-0.05, 0) is 25.7 Å². The fraction of sp³-hybridized carbons (Fsp3) is 0.867. The largest absolute Gasteiger partial charge is 0.384 e. The molecule has 2 saturated heterocycles. The molecule has 6 nitrogen and oxygen atoms in total. The number of rotatable bonds is 5. The summed E-state index contributed by atoms with van der Waals surface area (Å²) in [5, 5.41) is 3.02. The van der Waals surface area contributed by atoms with Crippen molar-refractivity contribution in [3.05, 3.63) is 0 Å². The van der Waals surface area contributed by atoms with E-state index in [-0.39, 0.29) is 23.8 Å². The second-order valence-corrected chi connectivity index (χ2v) is 6.52. The Morgan fingerprint density at radius 2 is 1.95 bits per heavy atom. The minimum absolute atomic E-state index is 0.126. The molecule has 1 saturated carbocycles. The molecule has 0 aromatic carbocycles. The molecular weight excluding hydrogens is 272 g/mol. The van der Waals surface area contributed by atoms with Crippen LogP contribution in [0.25, 0.3) is 0 Å². The second-order valence-electron chi connectivity index (χ2n) is 6.52. The third-order valence-electron chi connectivity index (χ3n) is 4.79. The maximum Gasteiger partial charge on any atom is 0.231 e. The van der Waals surface area contributed by atoms with Crippen LogP contribution in [0.1, 0.15) is 25.7 Å². The van der Waals surface area contributed by atoms with Crippen molar-refractivity contribution < 1.29 is 19.1 Å². The van der Waals surface area contributed by atoms with E-state index in [2.05, 4.69) is 5.32 Å². The van der Waals surface area contributed by atoms with Crippen LogP contribution < -0.4 is 5.32 Å². The maximum absolute atomic E-state index is 12.7. The Labute approximate surface area is 125 Å². The van der Waals surface area contributed by atoms with Crippen molar-refractivity contribution in [2.75, 3.05) is 40.0 Å². The fourth-order valence-corrected chi connectivity index (χ4v) is 3.19. The highest BCUT2D eigenvalue weighted by atomic mass is 16.5. The predicted octanol–water partition coefficient (Wildman–Crippen LogP) is 0.167. The first-order valence-electron chi connectivity index (χ1n) is 7.81. The Balaban J connectivity index is 1.52. The molecule has 2 aliphatic heterocycles. The van der Waals surface area contributed by atoms with Crippen LogP contribution in [0.3, 0.4) is 0 Å². The van der Waals surface area contributed by atoms with Gasteiger partial charge in [0.15, 0.2) is 0 Å². The number of nitrogens with zero attached hydrogens (tertiary/aromatic N) is 1. The number of ether oxygens (including phenoxy) is 2. The summed E-state index contributed by atoms with van der Waals surface area (Å²) in [7, 11) is 1.64. The van der Waals surface area contributed by atoms with Gasteiger partial charge in [-0.2, -0.15) is 0 Å². The van der Waals surface area contributed by atoms with Crippen LogP contribution in [-0.2, 0) is 19.1 Å².